The maximum absolute atomic E-state index is 12.0. The number of carbonyl (C=O) groups excluding carboxylic acids is 2. The first kappa shape index (κ1) is 20.9. The van der Waals surface area contributed by atoms with Crippen LogP contribution in [0.4, 0.5) is 4.79 Å². The summed E-state index contributed by atoms with van der Waals surface area (Å²) in [5.74, 6) is 2.75. The largest absolute Gasteiger partial charge is 0.480 e. The topological polar surface area (TPSA) is 105 Å². The van der Waals surface area contributed by atoms with Gasteiger partial charge in [0.05, 0.1) is 6.54 Å². The first-order chi connectivity index (χ1) is 14.3. The smallest absolute Gasteiger partial charge is 0.407 e. The molecule has 2 aromatic carbocycles. The van der Waals surface area contributed by atoms with Crippen molar-refractivity contribution in [3.8, 4) is 23.0 Å². The Balaban J connectivity index is 1.52. The Bertz CT molecular complexity index is 1000. The van der Waals surface area contributed by atoms with Crippen LogP contribution in [0.3, 0.4) is 0 Å². The number of ether oxygens (including phenoxy) is 1. The van der Waals surface area contributed by atoms with E-state index in [9.17, 15) is 14.4 Å². The molecule has 0 unspecified atom stereocenters. The molecular formula is C23H22N2O5. The molecule has 3 N–H and O–H groups in total. The van der Waals surface area contributed by atoms with Gasteiger partial charge in [0.15, 0.2) is 0 Å². The highest BCUT2D eigenvalue weighted by molar-refractivity contribution is 5.97. The van der Waals surface area contributed by atoms with Crippen LogP contribution in [0, 0.1) is 11.8 Å². The molecule has 3 rings (SSSR count). The zero-order valence-electron chi connectivity index (χ0n) is 16.7. The monoisotopic (exact) mass is 406 g/mol. The number of benzene rings is 2. The summed E-state index contributed by atoms with van der Waals surface area (Å²) < 4.78 is 5.36. The van der Waals surface area contributed by atoms with Gasteiger partial charge in [0.1, 0.15) is 12.1 Å². The zero-order valence-corrected chi connectivity index (χ0v) is 16.7. The molecule has 1 aliphatic carbocycles. The second kappa shape index (κ2) is 8.70. The lowest BCUT2D eigenvalue weighted by Crippen LogP contribution is -2.49. The maximum Gasteiger partial charge on any atom is 0.407 e. The number of alkyl carbamates (subject to hydrolysis) is 1. The van der Waals surface area contributed by atoms with E-state index in [0.717, 1.165) is 22.3 Å². The van der Waals surface area contributed by atoms with Crippen LogP contribution in [0.2, 0.25) is 0 Å². The van der Waals surface area contributed by atoms with E-state index in [4.69, 9.17) is 9.84 Å². The van der Waals surface area contributed by atoms with Crippen molar-refractivity contribution >= 4 is 18.0 Å². The average molecular weight is 406 g/mol. The van der Waals surface area contributed by atoms with Crippen molar-refractivity contribution in [1.29, 1.82) is 0 Å². The second-order valence-corrected chi connectivity index (χ2v) is 7.37. The average Bonchev–Trinajstić information content (AvgIpc) is 3.03. The number of carbonyl (C=O) groups is 3. The Morgan fingerprint density at radius 1 is 1.03 bits per heavy atom. The summed E-state index contributed by atoms with van der Waals surface area (Å²) in [5.41, 5.74) is 3.09. The van der Waals surface area contributed by atoms with Gasteiger partial charge in [-0.25, -0.2) is 9.59 Å². The summed E-state index contributed by atoms with van der Waals surface area (Å²) >= 11 is 0. The summed E-state index contributed by atoms with van der Waals surface area (Å²) in [6, 6.07) is 16.1. The summed E-state index contributed by atoms with van der Waals surface area (Å²) in [4.78, 5) is 34.6. The van der Waals surface area contributed by atoms with E-state index in [1.165, 1.54) is 13.8 Å². The predicted molar refractivity (Wildman–Crippen MR) is 111 cm³/mol. The minimum Gasteiger partial charge on any atom is -0.480 e. The summed E-state index contributed by atoms with van der Waals surface area (Å²) in [5, 5.41) is 13.7. The molecule has 0 aromatic heterocycles. The van der Waals surface area contributed by atoms with Crippen LogP contribution in [-0.4, -0.2) is 41.8 Å². The molecule has 0 atom stereocenters. The van der Waals surface area contributed by atoms with E-state index in [1.54, 1.807) is 0 Å². The van der Waals surface area contributed by atoms with Crippen LogP contribution >= 0.6 is 0 Å². The molecule has 0 bridgehead atoms. The number of rotatable bonds is 5. The van der Waals surface area contributed by atoms with Crippen LogP contribution in [0.1, 0.15) is 30.9 Å². The van der Waals surface area contributed by atoms with Gasteiger partial charge in [0, 0.05) is 5.92 Å². The van der Waals surface area contributed by atoms with Gasteiger partial charge in [-0.15, -0.1) is 0 Å². The van der Waals surface area contributed by atoms with Crippen molar-refractivity contribution in [2.75, 3.05) is 13.2 Å². The van der Waals surface area contributed by atoms with Crippen molar-refractivity contribution in [2.24, 2.45) is 0 Å². The molecule has 7 heteroatoms. The minimum absolute atomic E-state index is 0.0433. The van der Waals surface area contributed by atoms with Crippen LogP contribution < -0.4 is 10.6 Å². The van der Waals surface area contributed by atoms with E-state index >= 15 is 0 Å². The molecule has 0 fully saturated rings. The van der Waals surface area contributed by atoms with E-state index in [1.807, 2.05) is 36.4 Å². The number of aliphatic carboxylic acids is 1. The molecule has 0 aliphatic heterocycles. The molecule has 0 saturated carbocycles. The zero-order chi connectivity index (χ0) is 21.7. The van der Waals surface area contributed by atoms with E-state index in [0.29, 0.717) is 0 Å². The molecule has 154 valence electrons. The first-order valence-corrected chi connectivity index (χ1v) is 9.43. The Hall–Kier alpha value is -3.79. The Morgan fingerprint density at radius 2 is 1.60 bits per heavy atom. The van der Waals surface area contributed by atoms with Gasteiger partial charge < -0.3 is 20.5 Å². The van der Waals surface area contributed by atoms with Gasteiger partial charge >= 0.3 is 12.1 Å². The van der Waals surface area contributed by atoms with Gasteiger partial charge in [-0.1, -0.05) is 54.5 Å². The van der Waals surface area contributed by atoms with Gasteiger partial charge in [-0.3, -0.25) is 4.79 Å². The molecular weight excluding hydrogens is 384 g/mol. The van der Waals surface area contributed by atoms with Crippen molar-refractivity contribution in [3.05, 3.63) is 59.7 Å². The fraction of sp³-hybridized carbons (Fsp3) is 0.261. The third-order valence-electron chi connectivity index (χ3n) is 4.83. The summed E-state index contributed by atoms with van der Waals surface area (Å²) in [6.45, 7) is 2.78. The maximum atomic E-state index is 12.0. The molecule has 2 aromatic rings. The number of hydrogen-bond acceptors (Lipinski definition) is 4. The highest BCUT2D eigenvalue weighted by Crippen LogP contribution is 2.44. The van der Waals surface area contributed by atoms with Crippen molar-refractivity contribution in [3.63, 3.8) is 0 Å². The van der Waals surface area contributed by atoms with Crippen LogP contribution in [0.15, 0.2) is 48.5 Å². The second-order valence-electron chi connectivity index (χ2n) is 7.37. The molecule has 0 saturated heterocycles. The van der Waals surface area contributed by atoms with Gasteiger partial charge in [-0.05, 0) is 42.0 Å². The van der Waals surface area contributed by atoms with Crippen LogP contribution in [0.5, 0.6) is 0 Å². The highest BCUT2D eigenvalue weighted by Gasteiger charge is 2.29. The third-order valence-corrected chi connectivity index (χ3v) is 4.83. The third kappa shape index (κ3) is 4.61. The Labute approximate surface area is 174 Å². The number of carboxylic acids is 1. The van der Waals surface area contributed by atoms with Crippen molar-refractivity contribution < 1.29 is 24.2 Å². The van der Waals surface area contributed by atoms with Crippen LogP contribution in [-0.2, 0) is 14.3 Å². The lowest BCUT2D eigenvalue weighted by Gasteiger charge is -2.18. The molecule has 1 aliphatic rings. The van der Waals surface area contributed by atoms with E-state index in [2.05, 4.69) is 34.6 Å². The summed E-state index contributed by atoms with van der Waals surface area (Å²) in [7, 11) is 0. The van der Waals surface area contributed by atoms with Crippen molar-refractivity contribution in [2.45, 2.75) is 25.3 Å². The highest BCUT2D eigenvalue weighted by atomic mass is 16.5. The standard InChI is InChI=1S/C23H22N2O5/c1-23(2,21(27)28)25-20(26)12-7-13-24-22(29)30-14-19-17-10-5-3-8-15(17)16-9-4-6-11-18(16)19/h3-6,8-11,19H,13-14H2,1-2H3,(H,24,29)(H,25,26)(H,27,28). The van der Waals surface area contributed by atoms with Crippen LogP contribution in [0.25, 0.3) is 11.1 Å². The fourth-order valence-corrected chi connectivity index (χ4v) is 3.26. The number of carboxylic acid groups (broad SMARTS) is 1. The lowest BCUT2D eigenvalue weighted by molar-refractivity contribution is -0.145. The van der Waals surface area contributed by atoms with Gasteiger partial charge in [0.25, 0.3) is 5.91 Å². The van der Waals surface area contributed by atoms with Gasteiger partial charge in [-0.2, -0.15) is 0 Å². The predicted octanol–water partition coefficient (Wildman–Crippen LogP) is 2.51. The molecule has 0 heterocycles. The minimum atomic E-state index is -1.42. The van der Waals surface area contributed by atoms with Crippen molar-refractivity contribution in [1.82, 2.24) is 10.6 Å². The van der Waals surface area contributed by atoms with E-state index < -0.39 is 23.5 Å². The molecule has 7 nitrogen and oxygen atoms in total. The molecule has 30 heavy (non-hydrogen) atoms. The quantitative estimate of drug-likeness (QED) is 0.662. The molecule has 0 radical (unpaired) electrons. The number of fused-ring (bicyclic) bond motifs is 3. The SMILES string of the molecule is CC(C)(NC(=O)C#CCNC(=O)OCC1c2ccccc2-c2ccccc21)C(=O)O. The number of hydrogen-bond donors (Lipinski definition) is 3. The van der Waals surface area contributed by atoms with Gasteiger partial charge in [0.2, 0.25) is 0 Å². The number of amides is 2. The molecule has 0 spiro atoms. The van der Waals surface area contributed by atoms with E-state index in [-0.39, 0.29) is 19.1 Å². The first-order valence-electron chi connectivity index (χ1n) is 9.43. The number of nitrogens with one attached hydrogen (secondary N) is 2. The summed E-state index contributed by atoms with van der Waals surface area (Å²) in [6.07, 6.45) is -0.641. The molecule has 2 amide bonds. The normalized spacial score (nSPS) is 12.1. The fourth-order valence-electron chi connectivity index (χ4n) is 3.26. The lowest BCUT2D eigenvalue weighted by atomic mass is 9.98. The Kier molecular flexibility index (Phi) is 6.07. The Morgan fingerprint density at radius 3 is 2.17 bits per heavy atom.